The number of hydrogen-bond acceptors (Lipinski definition) is 2. The van der Waals surface area contributed by atoms with Crippen molar-refractivity contribution in [1.82, 2.24) is 4.98 Å². The van der Waals surface area contributed by atoms with Crippen LogP contribution in [0.3, 0.4) is 0 Å². The molecule has 0 aliphatic heterocycles. The second kappa shape index (κ2) is 4.39. The van der Waals surface area contributed by atoms with Crippen LogP contribution in [-0.4, -0.2) is 10.8 Å². The van der Waals surface area contributed by atoms with E-state index in [0.29, 0.717) is 0 Å². The summed E-state index contributed by atoms with van der Waals surface area (Å²) in [5, 5.41) is 0. The maximum atomic E-state index is 12.1. The van der Waals surface area contributed by atoms with Gasteiger partial charge in [0.1, 0.15) is 0 Å². The van der Waals surface area contributed by atoms with Crippen LogP contribution in [-0.2, 0) is 0 Å². The van der Waals surface area contributed by atoms with E-state index in [0.717, 1.165) is 36.0 Å². The van der Waals surface area contributed by atoms with E-state index in [1.54, 1.807) is 12.4 Å². The molecule has 2 nitrogen and oxygen atoms in total. The average Bonchev–Trinajstić information content (AvgIpc) is 2.30. The van der Waals surface area contributed by atoms with Gasteiger partial charge in [-0.2, -0.15) is 0 Å². The highest BCUT2D eigenvalue weighted by molar-refractivity contribution is 6.09. The van der Waals surface area contributed by atoms with Crippen molar-refractivity contribution in [2.75, 3.05) is 0 Å². The Balaban J connectivity index is 2.28. The molecule has 1 aromatic heterocycles. The lowest BCUT2D eigenvalue weighted by atomic mass is 9.92. The molecule has 0 saturated heterocycles. The molecule has 0 atom stereocenters. The summed E-state index contributed by atoms with van der Waals surface area (Å²) in [6.07, 6.45) is 9.85. The molecular formula is C13H15NO. The van der Waals surface area contributed by atoms with E-state index >= 15 is 0 Å². The molecule has 0 fully saturated rings. The van der Waals surface area contributed by atoms with Crippen LogP contribution in [0.1, 0.15) is 41.6 Å². The van der Waals surface area contributed by atoms with Gasteiger partial charge in [-0.25, -0.2) is 0 Å². The highest BCUT2D eigenvalue weighted by Gasteiger charge is 2.15. The Kier molecular flexibility index (Phi) is 2.95. The van der Waals surface area contributed by atoms with Crippen LogP contribution in [0.5, 0.6) is 0 Å². The van der Waals surface area contributed by atoms with Crippen molar-refractivity contribution in [1.29, 1.82) is 0 Å². The number of ketones is 1. The number of aryl methyl sites for hydroxylation is 1. The SMILES string of the molecule is Cc1cnccc1C(=O)C1=CCCCC1. The van der Waals surface area contributed by atoms with Crippen molar-refractivity contribution in [3.63, 3.8) is 0 Å². The highest BCUT2D eigenvalue weighted by Crippen LogP contribution is 2.22. The van der Waals surface area contributed by atoms with Crippen LogP contribution in [0.4, 0.5) is 0 Å². The zero-order valence-electron chi connectivity index (χ0n) is 8.99. The number of carbonyl (C=O) groups excluding carboxylic acids is 1. The lowest BCUT2D eigenvalue weighted by Gasteiger charge is -2.12. The summed E-state index contributed by atoms with van der Waals surface area (Å²) < 4.78 is 0. The van der Waals surface area contributed by atoms with Crippen LogP contribution in [0.2, 0.25) is 0 Å². The number of rotatable bonds is 2. The van der Waals surface area contributed by atoms with Gasteiger partial charge in [0.15, 0.2) is 5.78 Å². The largest absolute Gasteiger partial charge is 0.289 e. The van der Waals surface area contributed by atoms with Crippen molar-refractivity contribution >= 4 is 5.78 Å². The van der Waals surface area contributed by atoms with Crippen LogP contribution >= 0.6 is 0 Å². The molecule has 0 bridgehead atoms. The molecule has 1 heterocycles. The number of allylic oxidation sites excluding steroid dienone is 2. The fourth-order valence-electron chi connectivity index (χ4n) is 1.95. The van der Waals surface area contributed by atoms with Crippen LogP contribution < -0.4 is 0 Å². The molecule has 2 heteroatoms. The molecule has 0 unspecified atom stereocenters. The Morgan fingerprint density at radius 1 is 1.40 bits per heavy atom. The maximum absolute atomic E-state index is 12.1. The first-order chi connectivity index (χ1) is 7.29. The van der Waals surface area contributed by atoms with Crippen LogP contribution in [0.25, 0.3) is 0 Å². The number of hydrogen-bond donors (Lipinski definition) is 0. The van der Waals surface area contributed by atoms with Crippen molar-refractivity contribution in [2.45, 2.75) is 32.6 Å². The normalized spacial score (nSPS) is 15.9. The Morgan fingerprint density at radius 2 is 2.27 bits per heavy atom. The van der Waals surface area contributed by atoms with E-state index in [2.05, 4.69) is 11.1 Å². The van der Waals surface area contributed by atoms with Gasteiger partial charge >= 0.3 is 0 Å². The van der Waals surface area contributed by atoms with E-state index in [9.17, 15) is 4.79 Å². The van der Waals surface area contributed by atoms with Gasteiger partial charge in [-0.1, -0.05) is 6.08 Å². The van der Waals surface area contributed by atoms with Crippen molar-refractivity contribution in [3.8, 4) is 0 Å². The molecule has 0 aromatic carbocycles. The van der Waals surface area contributed by atoms with Crippen molar-refractivity contribution in [3.05, 3.63) is 41.2 Å². The molecule has 78 valence electrons. The summed E-state index contributed by atoms with van der Waals surface area (Å²) >= 11 is 0. The van der Waals surface area contributed by atoms with E-state index in [-0.39, 0.29) is 5.78 Å². The summed E-state index contributed by atoms with van der Waals surface area (Å²) in [6, 6.07) is 1.81. The third-order valence-corrected chi connectivity index (χ3v) is 2.85. The molecule has 0 radical (unpaired) electrons. The lowest BCUT2D eigenvalue weighted by molar-refractivity contribution is 0.102. The summed E-state index contributed by atoms with van der Waals surface area (Å²) in [5.41, 5.74) is 2.75. The number of pyridine rings is 1. The molecule has 1 aliphatic carbocycles. The van der Waals surface area contributed by atoms with Gasteiger partial charge in [0.05, 0.1) is 0 Å². The lowest BCUT2D eigenvalue weighted by Crippen LogP contribution is -2.08. The fraction of sp³-hybridized carbons (Fsp3) is 0.385. The molecule has 1 aliphatic rings. The number of carbonyl (C=O) groups is 1. The maximum Gasteiger partial charge on any atom is 0.189 e. The van der Waals surface area contributed by atoms with Crippen molar-refractivity contribution in [2.24, 2.45) is 0 Å². The third kappa shape index (κ3) is 2.14. The summed E-state index contributed by atoms with van der Waals surface area (Å²) in [7, 11) is 0. The Labute approximate surface area is 90.0 Å². The minimum absolute atomic E-state index is 0.189. The minimum Gasteiger partial charge on any atom is -0.289 e. The quantitative estimate of drug-likeness (QED) is 0.688. The second-order valence-corrected chi connectivity index (χ2v) is 3.99. The van der Waals surface area contributed by atoms with E-state index < -0.39 is 0 Å². The van der Waals surface area contributed by atoms with Gasteiger partial charge in [0.2, 0.25) is 0 Å². The van der Waals surface area contributed by atoms with Crippen LogP contribution in [0, 0.1) is 6.92 Å². The minimum atomic E-state index is 0.189. The van der Waals surface area contributed by atoms with E-state index in [4.69, 9.17) is 0 Å². The van der Waals surface area contributed by atoms with E-state index in [1.807, 2.05) is 13.0 Å². The first-order valence-electron chi connectivity index (χ1n) is 5.43. The summed E-state index contributed by atoms with van der Waals surface area (Å²) in [6.45, 7) is 1.93. The molecule has 0 N–H and O–H groups in total. The first kappa shape index (κ1) is 10.1. The van der Waals surface area contributed by atoms with E-state index in [1.165, 1.54) is 6.42 Å². The summed E-state index contributed by atoms with van der Waals surface area (Å²) in [5.74, 6) is 0.189. The van der Waals surface area contributed by atoms with Gasteiger partial charge in [-0.3, -0.25) is 9.78 Å². The van der Waals surface area contributed by atoms with Crippen LogP contribution in [0.15, 0.2) is 30.1 Å². The fourth-order valence-corrected chi connectivity index (χ4v) is 1.95. The van der Waals surface area contributed by atoms with Gasteiger partial charge in [0.25, 0.3) is 0 Å². The highest BCUT2D eigenvalue weighted by atomic mass is 16.1. The smallest absolute Gasteiger partial charge is 0.189 e. The predicted molar refractivity (Wildman–Crippen MR) is 59.9 cm³/mol. The number of Topliss-reactive ketones (excluding diaryl/α,β-unsaturated/α-hetero) is 1. The first-order valence-corrected chi connectivity index (χ1v) is 5.43. The molecule has 0 spiro atoms. The predicted octanol–water partition coefficient (Wildman–Crippen LogP) is 3.07. The number of nitrogens with zero attached hydrogens (tertiary/aromatic N) is 1. The van der Waals surface area contributed by atoms with Gasteiger partial charge in [0, 0.05) is 18.0 Å². The second-order valence-electron chi connectivity index (χ2n) is 3.99. The average molecular weight is 201 g/mol. The summed E-state index contributed by atoms with van der Waals surface area (Å²) in [4.78, 5) is 16.1. The van der Waals surface area contributed by atoms with Crippen molar-refractivity contribution < 1.29 is 4.79 Å². The monoisotopic (exact) mass is 201 g/mol. The molecular weight excluding hydrogens is 186 g/mol. The molecule has 0 amide bonds. The van der Waals surface area contributed by atoms with Gasteiger partial charge in [-0.15, -0.1) is 0 Å². The zero-order chi connectivity index (χ0) is 10.7. The third-order valence-electron chi connectivity index (χ3n) is 2.85. The number of aromatic nitrogens is 1. The topological polar surface area (TPSA) is 30.0 Å². The Bertz CT molecular complexity index is 407. The standard InChI is InChI=1S/C13H15NO/c1-10-9-14-8-7-12(10)13(15)11-5-3-2-4-6-11/h5,7-9H,2-4,6H2,1H3. The Hall–Kier alpha value is -1.44. The molecule has 1 aromatic rings. The van der Waals surface area contributed by atoms with Gasteiger partial charge in [-0.05, 0) is 49.8 Å². The van der Waals surface area contributed by atoms with Gasteiger partial charge < -0.3 is 0 Å². The molecule has 15 heavy (non-hydrogen) atoms. The molecule has 2 rings (SSSR count). The molecule has 0 saturated carbocycles. The Morgan fingerprint density at radius 3 is 2.93 bits per heavy atom. The zero-order valence-corrected chi connectivity index (χ0v) is 8.99.